The number of para-hydroxylation sites is 1. The molecule has 5 heteroatoms. The number of furan rings is 2. The highest BCUT2D eigenvalue weighted by atomic mass is 16.3. The summed E-state index contributed by atoms with van der Waals surface area (Å²) in [4.78, 5) is 15.4. The van der Waals surface area contributed by atoms with Crippen molar-refractivity contribution in [3.05, 3.63) is 176 Å². The fourth-order valence-corrected chi connectivity index (χ4v) is 8.32. The Balaban J connectivity index is 1.02. The number of hydrogen-bond donors (Lipinski definition) is 0. The van der Waals surface area contributed by atoms with Crippen molar-refractivity contribution in [3.8, 4) is 45.3 Å². The number of hydrogen-bond acceptors (Lipinski definition) is 5. The lowest BCUT2D eigenvalue weighted by molar-refractivity contribution is 0.669. The van der Waals surface area contributed by atoms with E-state index in [1.54, 1.807) is 0 Å². The second-order valence-corrected chi connectivity index (χ2v) is 14.4. The summed E-state index contributed by atoms with van der Waals surface area (Å²) in [6.07, 6.45) is 0. The van der Waals surface area contributed by atoms with Crippen molar-refractivity contribution in [3.63, 3.8) is 0 Å². The molecule has 0 saturated heterocycles. The maximum absolute atomic E-state index is 6.34. The summed E-state index contributed by atoms with van der Waals surface area (Å²) in [6, 6.07) is 61.2. The van der Waals surface area contributed by atoms with Crippen molar-refractivity contribution < 1.29 is 8.83 Å². The van der Waals surface area contributed by atoms with Gasteiger partial charge in [-0.05, 0) is 98.0 Å². The molecule has 0 radical (unpaired) electrons. The van der Waals surface area contributed by atoms with Gasteiger partial charge in [-0.25, -0.2) is 15.0 Å². The van der Waals surface area contributed by atoms with E-state index in [-0.39, 0.29) is 0 Å². The third-order valence-corrected chi connectivity index (χ3v) is 11.1. The van der Waals surface area contributed by atoms with Crippen LogP contribution >= 0.6 is 0 Å². The van der Waals surface area contributed by atoms with Crippen molar-refractivity contribution in [2.75, 3.05) is 0 Å². The SMILES string of the molecule is c1ccc2cc3c(cc2c1)oc1ccc(-c2nc(-c4ccc(-c5cc6ccccc6c6ccccc56)cc4)nc(-c4ccc5c(c4)oc4ccccc45)n2)cc13. The zero-order valence-electron chi connectivity index (χ0n) is 29.9. The minimum atomic E-state index is 0.570. The molecule has 0 aliphatic heterocycles. The summed E-state index contributed by atoms with van der Waals surface area (Å²) in [5, 5.41) is 11.5. The standard InChI is InChI=1S/C51H29N3O2/c1-2-10-33-28-48-44(25-32(33)9-1)43-27-35(22-24-46(43)56-48)50-52-49(53-51(54-50)36-21-23-41-40-15-7-8-16-45(40)55-47(41)29-36)31-19-17-30(18-20-31)42-26-34-11-3-4-12-37(34)38-13-5-6-14-39(38)42/h1-29H. The number of rotatable bonds is 4. The lowest BCUT2D eigenvalue weighted by Crippen LogP contribution is -2.00. The van der Waals surface area contributed by atoms with Crippen LogP contribution in [-0.4, -0.2) is 15.0 Å². The molecular weight excluding hydrogens is 687 g/mol. The molecule has 260 valence electrons. The zero-order chi connectivity index (χ0) is 36.7. The molecule has 0 fully saturated rings. The Morgan fingerprint density at radius 2 is 0.768 bits per heavy atom. The van der Waals surface area contributed by atoms with Crippen LogP contribution in [0.2, 0.25) is 0 Å². The Morgan fingerprint density at radius 1 is 0.268 bits per heavy atom. The van der Waals surface area contributed by atoms with Crippen LogP contribution in [0.25, 0.3) is 121 Å². The molecule has 0 spiro atoms. The number of aromatic nitrogens is 3. The van der Waals surface area contributed by atoms with Crippen molar-refractivity contribution in [1.29, 1.82) is 0 Å². The predicted molar refractivity (Wildman–Crippen MR) is 229 cm³/mol. The average Bonchev–Trinajstić information content (AvgIpc) is 3.82. The fraction of sp³-hybridized carbons (Fsp3) is 0. The van der Waals surface area contributed by atoms with Crippen LogP contribution in [0.5, 0.6) is 0 Å². The molecule has 0 atom stereocenters. The molecule has 0 saturated carbocycles. The van der Waals surface area contributed by atoms with Crippen LogP contribution in [0.3, 0.4) is 0 Å². The van der Waals surface area contributed by atoms with Gasteiger partial charge in [-0.3, -0.25) is 0 Å². The summed E-state index contributed by atoms with van der Waals surface area (Å²) in [7, 11) is 0. The van der Waals surface area contributed by atoms with Gasteiger partial charge in [-0.15, -0.1) is 0 Å². The second kappa shape index (κ2) is 11.9. The van der Waals surface area contributed by atoms with Gasteiger partial charge in [0, 0.05) is 38.2 Å². The van der Waals surface area contributed by atoms with Crippen molar-refractivity contribution in [1.82, 2.24) is 15.0 Å². The molecule has 0 amide bonds. The Hall–Kier alpha value is -7.63. The molecule has 0 N–H and O–H groups in total. The third-order valence-electron chi connectivity index (χ3n) is 11.1. The molecular formula is C51H29N3O2. The van der Waals surface area contributed by atoms with E-state index in [2.05, 4.69) is 140 Å². The summed E-state index contributed by atoms with van der Waals surface area (Å²) >= 11 is 0. The Bertz CT molecular complexity index is 3540. The van der Waals surface area contributed by atoms with E-state index in [1.807, 2.05) is 36.4 Å². The summed E-state index contributed by atoms with van der Waals surface area (Å²) in [5.41, 5.74) is 8.26. The van der Waals surface area contributed by atoms with Crippen LogP contribution in [0.15, 0.2) is 185 Å². The first-order chi connectivity index (χ1) is 27.7. The minimum absolute atomic E-state index is 0.570. The summed E-state index contributed by atoms with van der Waals surface area (Å²) < 4.78 is 12.6. The van der Waals surface area contributed by atoms with E-state index in [9.17, 15) is 0 Å². The highest BCUT2D eigenvalue weighted by Crippen LogP contribution is 2.38. The van der Waals surface area contributed by atoms with E-state index in [0.717, 1.165) is 71.5 Å². The van der Waals surface area contributed by atoms with Gasteiger partial charge in [0.15, 0.2) is 17.5 Å². The lowest BCUT2D eigenvalue weighted by Gasteiger charge is -2.12. The Labute approximate surface area is 320 Å². The van der Waals surface area contributed by atoms with Crippen LogP contribution in [0, 0.1) is 0 Å². The monoisotopic (exact) mass is 715 g/mol. The highest BCUT2D eigenvalue weighted by Gasteiger charge is 2.17. The smallest absolute Gasteiger partial charge is 0.164 e. The summed E-state index contributed by atoms with van der Waals surface area (Å²) in [6.45, 7) is 0. The molecule has 12 aromatic rings. The van der Waals surface area contributed by atoms with Crippen LogP contribution in [0.4, 0.5) is 0 Å². The Kier molecular flexibility index (Phi) is 6.56. The van der Waals surface area contributed by atoms with Gasteiger partial charge in [-0.2, -0.15) is 0 Å². The van der Waals surface area contributed by atoms with Crippen molar-refractivity contribution >= 4 is 76.2 Å². The fourth-order valence-electron chi connectivity index (χ4n) is 8.32. The average molecular weight is 716 g/mol. The second-order valence-electron chi connectivity index (χ2n) is 14.4. The lowest BCUT2D eigenvalue weighted by atomic mass is 9.93. The maximum Gasteiger partial charge on any atom is 0.164 e. The van der Waals surface area contributed by atoms with Gasteiger partial charge in [0.25, 0.3) is 0 Å². The van der Waals surface area contributed by atoms with Gasteiger partial charge >= 0.3 is 0 Å². The third kappa shape index (κ3) is 4.84. The molecule has 0 aliphatic rings. The van der Waals surface area contributed by atoms with E-state index >= 15 is 0 Å². The maximum atomic E-state index is 6.34. The van der Waals surface area contributed by atoms with Crippen LogP contribution < -0.4 is 0 Å². The van der Waals surface area contributed by atoms with E-state index in [1.165, 1.54) is 32.5 Å². The van der Waals surface area contributed by atoms with Crippen molar-refractivity contribution in [2.24, 2.45) is 0 Å². The molecule has 9 aromatic carbocycles. The first-order valence-electron chi connectivity index (χ1n) is 18.7. The Morgan fingerprint density at radius 3 is 1.55 bits per heavy atom. The molecule has 5 nitrogen and oxygen atoms in total. The van der Waals surface area contributed by atoms with E-state index < -0.39 is 0 Å². The van der Waals surface area contributed by atoms with Gasteiger partial charge in [-0.1, -0.05) is 121 Å². The molecule has 0 unspecified atom stereocenters. The predicted octanol–water partition coefficient (Wildman–Crippen LogP) is 13.8. The van der Waals surface area contributed by atoms with Gasteiger partial charge in [0.2, 0.25) is 0 Å². The first kappa shape index (κ1) is 30.8. The molecule has 12 rings (SSSR count). The number of nitrogens with zero attached hydrogens (tertiary/aromatic N) is 3. The quantitative estimate of drug-likeness (QED) is 0.170. The van der Waals surface area contributed by atoms with Gasteiger partial charge < -0.3 is 8.83 Å². The first-order valence-corrected chi connectivity index (χ1v) is 18.7. The van der Waals surface area contributed by atoms with Crippen molar-refractivity contribution in [2.45, 2.75) is 0 Å². The molecule has 3 heterocycles. The molecule has 3 aromatic heterocycles. The van der Waals surface area contributed by atoms with Gasteiger partial charge in [0.1, 0.15) is 22.3 Å². The summed E-state index contributed by atoms with van der Waals surface area (Å²) in [5.74, 6) is 1.74. The number of benzene rings is 9. The molecule has 0 bridgehead atoms. The van der Waals surface area contributed by atoms with Crippen LogP contribution in [-0.2, 0) is 0 Å². The normalized spacial score (nSPS) is 11.9. The van der Waals surface area contributed by atoms with Crippen LogP contribution in [0.1, 0.15) is 0 Å². The van der Waals surface area contributed by atoms with Gasteiger partial charge in [0.05, 0.1) is 0 Å². The number of fused-ring (bicyclic) bond motifs is 10. The van der Waals surface area contributed by atoms with E-state index in [4.69, 9.17) is 23.8 Å². The largest absolute Gasteiger partial charge is 0.456 e. The molecule has 0 aliphatic carbocycles. The highest BCUT2D eigenvalue weighted by molar-refractivity contribution is 6.14. The molecule has 56 heavy (non-hydrogen) atoms. The zero-order valence-corrected chi connectivity index (χ0v) is 29.9. The van der Waals surface area contributed by atoms with E-state index in [0.29, 0.717) is 17.5 Å². The minimum Gasteiger partial charge on any atom is -0.456 e. The topological polar surface area (TPSA) is 65.0 Å².